The zero-order valence-corrected chi connectivity index (χ0v) is 22.0. The molecule has 10 heteroatoms. The highest BCUT2D eigenvalue weighted by atomic mass is 35.5. The highest BCUT2D eigenvalue weighted by Crippen LogP contribution is 2.27. The summed E-state index contributed by atoms with van der Waals surface area (Å²) in [5.74, 6) is 0.167. The van der Waals surface area contributed by atoms with Crippen LogP contribution in [0.25, 0.3) is 10.9 Å². The fourth-order valence-electron chi connectivity index (χ4n) is 4.48. The number of carbonyl (C=O) groups excluding carboxylic acids is 1. The minimum Gasteiger partial charge on any atom is -0.496 e. The van der Waals surface area contributed by atoms with Gasteiger partial charge in [0.25, 0.3) is 0 Å². The molecule has 2 aromatic carbocycles. The lowest BCUT2D eigenvalue weighted by atomic mass is 9.99. The van der Waals surface area contributed by atoms with Gasteiger partial charge in [-0.1, -0.05) is 11.6 Å². The molecular weight excluding hydrogens is 500 g/mol. The monoisotopic (exact) mass is 530 g/mol. The first-order chi connectivity index (χ1) is 17.3. The Morgan fingerprint density at radius 2 is 2.03 bits per heavy atom. The molecule has 0 saturated carbocycles. The van der Waals surface area contributed by atoms with Gasteiger partial charge in [0.2, 0.25) is 15.9 Å². The SMILES string of the molecule is COc1ccc(S(=O)(=O)N2CCC[C@@H](C(=O)NCCCNc3ccnc4cc(Cl)ccc34)C2)cc1C. The van der Waals surface area contributed by atoms with Crippen molar-refractivity contribution in [3.05, 3.63) is 59.2 Å². The van der Waals surface area contributed by atoms with Crippen molar-refractivity contribution in [2.45, 2.75) is 31.1 Å². The number of pyridine rings is 1. The zero-order chi connectivity index (χ0) is 25.7. The Morgan fingerprint density at radius 1 is 1.19 bits per heavy atom. The predicted octanol–water partition coefficient (Wildman–Crippen LogP) is 4.22. The highest BCUT2D eigenvalue weighted by molar-refractivity contribution is 7.89. The van der Waals surface area contributed by atoms with Crippen molar-refractivity contribution in [1.29, 1.82) is 0 Å². The summed E-state index contributed by atoms with van der Waals surface area (Å²) in [6.45, 7) is 3.58. The summed E-state index contributed by atoms with van der Waals surface area (Å²) in [7, 11) is -2.13. The number of ether oxygens (including phenoxy) is 1. The maximum absolute atomic E-state index is 13.2. The van der Waals surface area contributed by atoms with Crippen molar-refractivity contribution in [1.82, 2.24) is 14.6 Å². The third-order valence-corrected chi connectivity index (χ3v) is 8.53. The van der Waals surface area contributed by atoms with Crippen LogP contribution < -0.4 is 15.4 Å². The van der Waals surface area contributed by atoms with Gasteiger partial charge in [0.15, 0.2) is 0 Å². The number of piperidine rings is 1. The molecular formula is C26H31ClN4O4S. The molecule has 1 amide bonds. The molecule has 3 aromatic rings. The van der Waals surface area contributed by atoms with Crippen LogP contribution in [0.3, 0.4) is 0 Å². The number of aromatic nitrogens is 1. The van der Waals surface area contributed by atoms with Crippen LogP contribution in [0.15, 0.2) is 53.6 Å². The summed E-state index contributed by atoms with van der Waals surface area (Å²) >= 11 is 6.05. The lowest BCUT2D eigenvalue weighted by molar-refractivity contribution is -0.126. The smallest absolute Gasteiger partial charge is 0.243 e. The molecule has 192 valence electrons. The van der Waals surface area contributed by atoms with Crippen molar-refractivity contribution >= 4 is 44.1 Å². The number of rotatable bonds is 9. The number of nitrogens with zero attached hydrogens (tertiary/aromatic N) is 2. The number of carbonyl (C=O) groups is 1. The number of anilines is 1. The fraction of sp³-hybridized carbons (Fsp3) is 0.385. The molecule has 0 unspecified atom stereocenters. The summed E-state index contributed by atoms with van der Waals surface area (Å²) < 4.78 is 33.0. The molecule has 8 nitrogen and oxygen atoms in total. The molecule has 2 heterocycles. The van der Waals surface area contributed by atoms with Gasteiger partial charge in [-0.2, -0.15) is 4.31 Å². The van der Waals surface area contributed by atoms with Crippen molar-refractivity contribution in [2.24, 2.45) is 5.92 Å². The van der Waals surface area contributed by atoms with Gasteiger partial charge in [-0.05, 0) is 74.2 Å². The van der Waals surface area contributed by atoms with Crippen LogP contribution in [0.2, 0.25) is 5.02 Å². The normalized spacial score (nSPS) is 16.6. The van der Waals surface area contributed by atoms with Gasteiger partial charge < -0.3 is 15.4 Å². The topological polar surface area (TPSA) is 101 Å². The van der Waals surface area contributed by atoms with Gasteiger partial charge in [-0.25, -0.2) is 8.42 Å². The van der Waals surface area contributed by atoms with Gasteiger partial charge in [-0.3, -0.25) is 9.78 Å². The van der Waals surface area contributed by atoms with E-state index in [1.165, 1.54) is 4.31 Å². The number of nitrogens with one attached hydrogen (secondary N) is 2. The first-order valence-electron chi connectivity index (χ1n) is 12.0. The number of methoxy groups -OCH3 is 1. The summed E-state index contributed by atoms with van der Waals surface area (Å²) in [5, 5.41) is 7.99. The van der Waals surface area contributed by atoms with E-state index in [-0.39, 0.29) is 23.3 Å². The molecule has 1 fully saturated rings. The van der Waals surface area contributed by atoms with Crippen LogP contribution >= 0.6 is 11.6 Å². The Bertz CT molecular complexity index is 1350. The summed E-state index contributed by atoms with van der Waals surface area (Å²) in [4.78, 5) is 17.4. The molecule has 0 spiro atoms. The minimum absolute atomic E-state index is 0.107. The lowest BCUT2D eigenvalue weighted by Crippen LogP contribution is -2.45. The van der Waals surface area contributed by atoms with E-state index in [0.717, 1.165) is 28.6 Å². The van der Waals surface area contributed by atoms with Crippen LogP contribution in [-0.2, 0) is 14.8 Å². The number of sulfonamides is 1. The Labute approximate surface area is 217 Å². The van der Waals surface area contributed by atoms with E-state index in [2.05, 4.69) is 15.6 Å². The van der Waals surface area contributed by atoms with E-state index in [9.17, 15) is 13.2 Å². The van der Waals surface area contributed by atoms with E-state index in [0.29, 0.717) is 43.2 Å². The van der Waals surface area contributed by atoms with Crippen molar-refractivity contribution in [3.8, 4) is 5.75 Å². The number of hydrogen-bond donors (Lipinski definition) is 2. The number of fused-ring (bicyclic) bond motifs is 1. The maximum Gasteiger partial charge on any atom is 0.243 e. The van der Waals surface area contributed by atoms with Gasteiger partial charge in [0.05, 0.1) is 23.4 Å². The Kier molecular flexibility index (Phi) is 8.33. The second-order valence-electron chi connectivity index (χ2n) is 8.92. The molecule has 1 saturated heterocycles. The third kappa shape index (κ3) is 5.91. The first kappa shape index (κ1) is 26.2. The molecule has 0 aliphatic carbocycles. The minimum atomic E-state index is -3.68. The van der Waals surface area contributed by atoms with Crippen LogP contribution in [0.1, 0.15) is 24.8 Å². The molecule has 0 radical (unpaired) electrons. The quantitative estimate of drug-likeness (QED) is 0.402. The number of benzene rings is 2. The molecule has 2 N–H and O–H groups in total. The van der Waals surface area contributed by atoms with Crippen LogP contribution in [0, 0.1) is 12.8 Å². The second-order valence-corrected chi connectivity index (χ2v) is 11.3. The molecule has 1 aromatic heterocycles. The van der Waals surface area contributed by atoms with E-state index in [4.69, 9.17) is 16.3 Å². The number of amides is 1. The highest BCUT2D eigenvalue weighted by Gasteiger charge is 2.33. The van der Waals surface area contributed by atoms with E-state index < -0.39 is 10.0 Å². The maximum atomic E-state index is 13.2. The Morgan fingerprint density at radius 3 is 2.81 bits per heavy atom. The average Bonchev–Trinajstić information content (AvgIpc) is 2.88. The van der Waals surface area contributed by atoms with Crippen molar-refractivity contribution in [3.63, 3.8) is 0 Å². The van der Waals surface area contributed by atoms with Crippen LogP contribution in [-0.4, -0.2) is 56.9 Å². The van der Waals surface area contributed by atoms with E-state index in [1.807, 2.05) is 31.2 Å². The van der Waals surface area contributed by atoms with Gasteiger partial charge >= 0.3 is 0 Å². The Balaban J connectivity index is 1.28. The van der Waals surface area contributed by atoms with Gasteiger partial charge in [0.1, 0.15) is 5.75 Å². The standard InChI is InChI=1S/C26H31ClN4O4S/c1-18-15-21(7-9-25(18)35-2)36(33,34)31-14-3-5-19(17-31)26(32)30-12-4-11-28-23-10-13-29-24-16-20(27)6-8-22(23)24/h6-10,13,15-16,19H,3-5,11-12,14,17H2,1-2H3,(H,28,29)(H,30,32)/t19-/m1/s1. The average molecular weight is 531 g/mol. The predicted molar refractivity (Wildman–Crippen MR) is 142 cm³/mol. The molecule has 1 aliphatic heterocycles. The van der Waals surface area contributed by atoms with Gasteiger partial charge in [0, 0.05) is 48.5 Å². The van der Waals surface area contributed by atoms with E-state index in [1.54, 1.807) is 31.5 Å². The largest absolute Gasteiger partial charge is 0.496 e. The van der Waals surface area contributed by atoms with Gasteiger partial charge in [-0.15, -0.1) is 0 Å². The summed E-state index contributed by atoms with van der Waals surface area (Å²) in [5.41, 5.74) is 2.54. The summed E-state index contributed by atoms with van der Waals surface area (Å²) in [6, 6.07) is 12.3. The first-order valence-corrected chi connectivity index (χ1v) is 13.8. The van der Waals surface area contributed by atoms with Crippen molar-refractivity contribution in [2.75, 3.05) is 38.6 Å². The van der Waals surface area contributed by atoms with Crippen LogP contribution in [0.5, 0.6) is 5.75 Å². The lowest BCUT2D eigenvalue weighted by Gasteiger charge is -2.31. The third-order valence-electron chi connectivity index (χ3n) is 6.43. The molecule has 36 heavy (non-hydrogen) atoms. The molecule has 0 bridgehead atoms. The second kappa shape index (κ2) is 11.5. The number of halogens is 1. The van der Waals surface area contributed by atoms with Crippen LogP contribution in [0.4, 0.5) is 5.69 Å². The van der Waals surface area contributed by atoms with Crippen molar-refractivity contribution < 1.29 is 17.9 Å². The molecule has 1 atom stereocenters. The fourth-order valence-corrected chi connectivity index (χ4v) is 6.25. The molecule has 1 aliphatic rings. The zero-order valence-electron chi connectivity index (χ0n) is 20.5. The Hall–Kier alpha value is -2.88. The molecule has 4 rings (SSSR count). The summed E-state index contributed by atoms with van der Waals surface area (Å²) in [6.07, 6.45) is 3.78. The van der Waals surface area contributed by atoms with E-state index >= 15 is 0 Å². The number of hydrogen-bond acceptors (Lipinski definition) is 6. The number of aryl methyl sites for hydroxylation is 1.